The largest absolute Gasteiger partial charge is 1.00 e. The van der Waals surface area contributed by atoms with E-state index in [1.807, 2.05) is 0 Å². The first-order valence-electron chi connectivity index (χ1n) is 7.45. The molecule has 1 heterocycles. The van der Waals surface area contributed by atoms with Crippen LogP contribution < -0.4 is 75.0 Å². The summed E-state index contributed by atoms with van der Waals surface area (Å²) in [7, 11) is -5.10. The second-order valence-electron chi connectivity index (χ2n) is 5.27. The summed E-state index contributed by atoms with van der Waals surface area (Å²) in [5.74, 6) is -0.877. The third-order valence-corrected chi connectivity index (χ3v) is 5.13. The Balaban J connectivity index is 0.00000256. The number of nitriles is 1. The average molecular weight is 517 g/mol. The molecule has 13 nitrogen and oxygen atoms in total. The molecule has 2 aromatic carbocycles. The summed E-state index contributed by atoms with van der Waals surface area (Å²) in [5, 5.41) is 36.3. The fraction of sp³-hybridized carbons (Fsp3) is 0. The van der Waals surface area contributed by atoms with Gasteiger partial charge in [-0.2, -0.15) is 24.5 Å². The Morgan fingerprint density at radius 3 is 2.47 bits per heavy atom. The normalized spacial score (nSPS) is 10.6. The summed E-state index contributed by atoms with van der Waals surface area (Å²) in [5.41, 5.74) is -0.245. The van der Waals surface area contributed by atoms with Gasteiger partial charge in [-0.15, -0.1) is 0 Å². The molecule has 32 heavy (non-hydrogen) atoms. The molecule has 1 aromatic heterocycles. The van der Waals surface area contributed by atoms with Gasteiger partial charge in [0.1, 0.15) is 15.9 Å². The molecule has 0 bridgehead atoms. The fourth-order valence-corrected chi connectivity index (χ4v) is 3.88. The van der Waals surface area contributed by atoms with Crippen LogP contribution >= 0.6 is 23.6 Å². The summed E-state index contributed by atoms with van der Waals surface area (Å²) in [6, 6.07) is 4.90. The molecule has 0 atom stereocenters. The van der Waals surface area contributed by atoms with E-state index in [0.717, 1.165) is 0 Å². The predicted octanol–water partition coefficient (Wildman–Crippen LogP) is -4.84. The molecule has 3 rings (SSSR count). The van der Waals surface area contributed by atoms with E-state index >= 15 is 0 Å². The molecule has 0 aliphatic rings. The van der Waals surface area contributed by atoms with E-state index in [1.165, 1.54) is 24.3 Å². The Kier molecular flexibility index (Phi) is 11.3. The summed E-state index contributed by atoms with van der Waals surface area (Å²) >= 11 is 6.13. The number of nitrogens with zero attached hydrogens (tertiary/aromatic N) is 4. The van der Waals surface area contributed by atoms with Crippen LogP contribution in [0, 0.1) is 11.5 Å². The molecule has 156 valence electrons. The number of phenols is 1. The molecule has 0 aliphatic heterocycles. The van der Waals surface area contributed by atoms with Crippen molar-refractivity contribution in [3.8, 4) is 11.9 Å². The number of fused-ring (bicyclic) bond motifs is 1. The van der Waals surface area contributed by atoms with Crippen molar-refractivity contribution in [3.63, 3.8) is 0 Å². The van der Waals surface area contributed by atoms with Crippen LogP contribution in [-0.4, -0.2) is 33.0 Å². The van der Waals surface area contributed by atoms with Crippen LogP contribution in [-0.2, 0) is 19.5 Å². The maximum Gasteiger partial charge on any atom is 1.00 e. The Bertz CT molecular complexity index is 1280. The topological polar surface area (TPSA) is 205 Å². The smallest absolute Gasteiger partial charge is 0.744 e. The SMILES string of the molecule is N#CNc1nc(Cl)nc(Nc2ccc3c(O)cc(SOO[O-])cc3c2S(=O)(=O)[O-])n1.[Na+].[Na+]. The van der Waals surface area contributed by atoms with E-state index < -0.39 is 15.0 Å². The van der Waals surface area contributed by atoms with Gasteiger partial charge in [0.05, 0.1) is 22.6 Å². The monoisotopic (exact) mass is 516 g/mol. The van der Waals surface area contributed by atoms with Crippen molar-refractivity contribution >= 4 is 62.1 Å². The van der Waals surface area contributed by atoms with Gasteiger partial charge in [0, 0.05) is 15.7 Å². The van der Waals surface area contributed by atoms with E-state index in [2.05, 4.69) is 35.0 Å². The number of halogens is 1. The zero-order chi connectivity index (χ0) is 21.9. The minimum absolute atomic E-state index is 0. The van der Waals surface area contributed by atoms with Crippen LogP contribution in [0.3, 0.4) is 0 Å². The maximum atomic E-state index is 12.0. The first-order chi connectivity index (χ1) is 14.2. The second kappa shape index (κ2) is 12.5. The number of nitrogens with one attached hydrogen (secondary N) is 2. The first-order valence-corrected chi connectivity index (χ1v) is 9.98. The van der Waals surface area contributed by atoms with Gasteiger partial charge in [0.25, 0.3) is 0 Å². The number of benzene rings is 2. The Morgan fingerprint density at radius 1 is 1.16 bits per heavy atom. The number of aromatic hydroxyl groups is 1. The number of hydrogen-bond acceptors (Lipinski definition) is 14. The van der Waals surface area contributed by atoms with E-state index in [-0.39, 0.29) is 103 Å². The Hall–Kier alpha value is -0.970. The zero-order valence-corrected chi connectivity index (χ0v) is 22.6. The quantitative estimate of drug-likeness (QED) is 0.0512. The number of aromatic nitrogens is 3. The fourth-order valence-electron chi connectivity index (χ4n) is 2.46. The first kappa shape index (κ1) is 29.1. The second-order valence-corrected chi connectivity index (χ2v) is 7.70. The van der Waals surface area contributed by atoms with Crippen LogP contribution in [0.15, 0.2) is 34.1 Å². The Morgan fingerprint density at radius 2 is 1.84 bits per heavy atom. The molecule has 0 saturated carbocycles. The van der Waals surface area contributed by atoms with Gasteiger partial charge in [0.15, 0.2) is 6.19 Å². The standard InChI is InChI=1S/C14H9ClN6O7S2.2Na/c15-12-19-13(17-5-16)21-14(20-12)18-9-2-1-7-8(11(9)30(24,25)26)3-6(4-10(7)22)29-28-27-23;;/h1-4,22-23H,(H,24,25,26)(H2,17,18,19,20,21);;/q;2*+1/p-2. The number of rotatable bonds is 7. The van der Waals surface area contributed by atoms with Crippen molar-refractivity contribution in [2.75, 3.05) is 10.6 Å². The van der Waals surface area contributed by atoms with Crippen molar-refractivity contribution < 1.29 is 91.8 Å². The van der Waals surface area contributed by atoms with Gasteiger partial charge in [-0.3, -0.25) is 10.4 Å². The van der Waals surface area contributed by atoms with Crippen molar-refractivity contribution in [2.45, 2.75) is 9.79 Å². The van der Waals surface area contributed by atoms with E-state index in [4.69, 9.17) is 16.9 Å². The summed E-state index contributed by atoms with van der Waals surface area (Å²) in [4.78, 5) is 10.5. The van der Waals surface area contributed by atoms with Crippen LogP contribution in [0.2, 0.25) is 5.28 Å². The molecule has 0 spiro atoms. The molecule has 0 aliphatic carbocycles. The minimum atomic E-state index is -5.10. The number of anilines is 3. The third kappa shape index (κ3) is 7.01. The van der Waals surface area contributed by atoms with Gasteiger partial charge in [0.2, 0.25) is 17.2 Å². The molecular weight excluding hydrogens is 510 g/mol. The van der Waals surface area contributed by atoms with Crippen LogP contribution in [0.1, 0.15) is 0 Å². The van der Waals surface area contributed by atoms with Crippen molar-refractivity contribution in [2.24, 2.45) is 0 Å². The molecule has 0 fully saturated rings. The third-order valence-electron chi connectivity index (χ3n) is 3.47. The van der Waals surface area contributed by atoms with E-state index in [0.29, 0.717) is 12.0 Å². The summed E-state index contributed by atoms with van der Waals surface area (Å²) in [6.45, 7) is 0. The van der Waals surface area contributed by atoms with E-state index in [1.54, 1.807) is 6.19 Å². The molecular formula is C14H7ClN6Na2O7S2. The predicted molar refractivity (Wildman–Crippen MR) is 99.0 cm³/mol. The molecule has 3 N–H and O–H groups in total. The van der Waals surface area contributed by atoms with Crippen molar-refractivity contribution in [1.29, 1.82) is 5.26 Å². The van der Waals surface area contributed by atoms with Gasteiger partial charge < -0.3 is 20.2 Å². The number of hydrogen-bond donors (Lipinski definition) is 3. The Labute approximate surface area is 233 Å². The summed E-state index contributed by atoms with van der Waals surface area (Å²) in [6.07, 6.45) is 1.58. The van der Waals surface area contributed by atoms with Crippen LogP contribution in [0.5, 0.6) is 5.75 Å². The van der Waals surface area contributed by atoms with Crippen molar-refractivity contribution in [3.05, 3.63) is 29.5 Å². The summed E-state index contributed by atoms with van der Waals surface area (Å²) < 4.78 is 40.2. The minimum Gasteiger partial charge on any atom is -0.744 e. The van der Waals surface area contributed by atoms with Gasteiger partial charge in [-0.25, -0.2) is 8.42 Å². The molecule has 18 heteroatoms. The van der Waals surface area contributed by atoms with Crippen LogP contribution in [0.4, 0.5) is 17.6 Å². The maximum absolute atomic E-state index is 12.0. The molecule has 0 saturated heterocycles. The van der Waals surface area contributed by atoms with E-state index in [9.17, 15) is 23.3 Å². The number of phenolic OH excluding ortho intramolecular Hbond substituents is 1. The van der Waals surface area contributed by atoms with Crippen LogP contribution in [0.25, 0.3) is 10.8 Å². The molecule has 0 radical (unpaired) electrons. The van der Waals surface area contributed by atoms with Gasteiger partial charge in [-0.05, 0) is 35.9 Å². The van der Waals surface area contributed by atoms with Crippen molar-refractivity contribution in [1.82, 2.24) is 15.0 Å². The zero-order valence-electron chi connectivity index (χ0n) is 16.2. The molecule has 0 unspecified atom stereocenters. The van der Waals surface area contributed by atoms with Gasteiger partial charge >= 0.3 is 59.1 Å². The average Bonchev–Trinajstić information content (AvgIpc) is 2.64. The molecule has 3 aromatic rings. The molecule has 0 amide bonds. The van der Waals surface area contributed by atoms with Gasteiger partial charge in [-0.1, -0.05) is 0 Å².